The lowest BCUT2D eigenvalue weighted by atomic mass is 9.94. The maximum Gasteiger partial charge on any atom is 0.410 e. The Morgan fingerprint density at radius 1 is 1.21 bits per heavy atom. The molecule has 9 heteroatoms. The number of halogens is 1. The Hall–Kier alpha value is -2.97. The second kappa shape index (κ2) is 7.95. The molecular formula is C19H21FN4O4. The van der Waals surface area contributed by atoms with E-state index < -0.39 is 12.1 Å². The fourth-order valence-electron chi connectivity index (χ4n) is 3.64. The van der Waals surface area contributed by atoms with E-state index in [2.05, 4.69) is 10.3 Å². The minimum Gasteiger partial charge on any atom is -0.457 e. The molecule has 2 heterocycles. The van der Waals surface area contributed by atoms with Crippen LogP contribution in [0.25, 0.3) is 5.69 Å². The van der Waals surface area contributed by atoms with Gasteiger partial charge in [-0.25, -0.2) is 18.7 Å². The quantitative estimate of drug-likeness (QED) is 0.732. The average Bonchev–Trinajstić information content (AvgIpc) is 3.34. The van der Waals surface area contributed by atoms with E-state index in [4.69, 9.17) is 9.47 Å². The summed E-state index contributed by atoms with van der Waals surface area (Å²) in [5.74, 6) is -1.02. The molecule has 1 aliphatic heterocycles. The molecule has 2 aliphatic rings. The zero-order valence-electron chi connectivity index (χ0n) is 15.3. The number of carbonyl (C=O) groups excluding carboxylic acids is 2. The Kier molecular flexibility index (Phi) is 5.23. The summed E-state index contributed by atoms with van der Waals surface area (Å²) in [5.41, 5.74) is 0.596. The highest BCUT2D eigenvalue weighted by Gasteiger charge is 2.37. The summed E-state index contributed by atoms with van der Waals surface area (Å²) in [6.07, 6.45) is 6.03. The van der Waals surface area contributed by atoms with Crippen molar-refractivity contribution < 1.29 is 23.5 Å². The van der Waals surface area contributed by atoms with Gasteiger partial charge in [-0.2, -0.15) is 0 Å². The molecule has 8 nitrogen and oxygen atoms in total. The lowest BCUT2D eigenvalue weighted by molar-refractivity contribution is 0.0294. The number of rotatable bonds is 5. The lowest BCUT2D eigenvalue weighted by Crippen LogP contribution is -2.38. The summed E-state index contributed by atoms with van der Waals surface area (Å²) < 4.78 is 24.9. The van der Waals surface area contributed by atoms with Gasteiger partial charge in [-0.3, -0.25) is 0 Å². The summed E-state index contributed by atoms with van der Waals surface area (Å²) in [5, 5.41) is 7.64. The maximum absolute atomic E-state index is 13.0. The fourth-order valence-corrected chi connectivity index (χ4v) is 3.64. The molecule has 1 saturated carbocycles. The molecule has 1 atom stereocenters. The van der Waals surface area contributed by atoms with Crippen molar-refractivity contribution in [3.63, 3.8) is 0 Å². The van der Waals surface area contributed by atoms with Crippen LogP contribution in [0.3, 0.4) is 0 Å². The molecule has 2 fully saturated rings. The van der Waals surface area contributed by atoms with Gasteiger partial charge in [-0.1, -0.05) is 24.5 Å². The summed E-state index contributed by atoms with van der Waals surface area (Å²) in [7, 11) is 0. The number of esters is 1. The van der Waals surface area contributed by atoms with Gasteiger partial charge in [0, 0.05) is 6.04 Å². The highest BCUT2D eigenvalue weighted by molar-refractivity contribution is 5.86. The average molecular weight is 388 g/mol. The van der Waals surface area contributed by atoms with Crippen molar-refractivity contribution in [3.8, 4) is 5.69 Å². The number of benzene rings is 1. The van der Waals surface area contributed by atoms with Crippen molar-refractivity contribution in [2.45, 2.75) is 44.2 Å². The molecule has 0 bridgehead atoms. The Balaban J connectivity index is 1.31. The molecule has 2 aromatic rings. The van der Waals surface area contributed by atoms with Gasteiger partial charge in [-0.15, -0.1) is 5.10 Å². The van der Waals surface area contributed by atoms with Crippen molar-refractivity contribution in [3.05, 3.63) is 42.0 Å². The van der Waals surface area contributed by atoms with Crippen LogP contribution in [-0.4, -0.2) is 57.3 Å². The van der Waals surface area contributed by atoms with Crippen LogP contribution < -0.4 is 0 Å². The van der Waals surface area contributed by atoms with E-state index in [0.29, 0.717) is 12.2 Å². The highest BCUT2D eigenvalue weighted by Crippen LogP contribution is 2.26. The number of carbonyl (C=O) groups is 2. The number of hydrogen-bond acceptors (Lipinski definition) is 6. The number of nitrogens with zero attached hydrogens (tertiary/aromatic N) is 4. The van der Waals surface area contributed by atoms with Gasteiger partial charge in [0.1, 0.15) is 12.4 Å². The third-order valence-corrected chi connectivity index (χ3v) is 5.11. The monoisotopic (exact) mass is 388 g/mol. The van der Waals surface area contributed by atoms with Crippen LogP contribution >= 0.6 is 0 Å². The van der Waals surface area contributed by atoms with Crippen LogP contribution in [0.1, 0.15) is 42.6 Å². The van der Waals surface area contributed by atoms with Gasteiger partial charge >= 0.3 is 12.1 Å². The minimum atomic E-state index is -0.652. The molecule has 1 saturated heterocycles. The van der Waals surface area contributed by atoms with Gasteiger partial charge in [0.25, 0.3) is 0 Å². The first-order valence-electron chi connectivity index (χ1n) is 9.43. The van der Waals surface area contributed by atoms with Crippen molar-refractivity contribution in [2.75, 3.05) is 13.2 Å². The van der Waals surface area contributed by atoms with Crippen LogP contribution in [0.4, 0.5) is 9.18 Å². The summed E-state index contributed by atoms with van der Waals surface area (Å²) >= 11 is 0. The third kappa shape index (κ3) is 3.97. The normalized spacial score (nSPS) is 20.2. The molecular weight excluding hydrogens is 367 g/mol. The minimum absolute atomic E-state index is 0.0257. The molecule has 1 unspecified atom stereocenters. The Bertz CT molecular complexity index is 848. The van der Waals surface area contributed by atoms with Crippen LogP contribution in [0.15, 0.2) is 30.5 Å². The van der Waals surface area contributed by atoms with Gasteiger partial charge < -0.3 is 14.4 Å². The van der Waals surface area contributed by atoms with Gasteiger partial charge in [0.2, 0.25) is 0 Å². The van der Waals surface area contributed by atoms with Crippen molar-refractivity contribution in [1.29, 1.82) is 0 Å². The fraction of sp³-hybridized carbons (Fsp3) is 0.474. The zero-order chi connectivity index (χ0) is 19.5. The van der Waals surface area contributed by atoms with Gasteiger partial charge in [-0.05, 0) is 37.1 Å². The molecule has 28 heavy (non-hydrogen) atoms. The van der Waals surface area contributed by atoms with E-state index >= 15 is 0 Å². The smallest absolute Gasteiger partial charge is 0.410 e. The highest BCUT2D eigenvalue weighted by atomic mass is 19.1. The number of ether oxygens (including phenoxy) is 2. The molecule has 1 aliphatic carbocycles. The largest absolute Gasteiger partial charge is 0.457 e. The summed E-state index contributed by atoms with van der Waals surface area (Å²) in [4.78, 5) is 26.1. The standard InChI is InChI=1S/C19H21FN4O4/c20-13-6-8-15(9-7-13)24-11-17(21-22-24)18(25)27-12-16-10-23(19(26)28-16)14-4-2-1-3-5-14/h6-9,11,14,16H,1-5,10,12H2. The number of cyclic esters (lactones) is 1. The SMILES string of the molecule is O=C(OCC1CN(C2CCCCC2)C(=O)O1)c1cn(-c2ccc(F)cc2)nn1. The second-order valence-electron chi connectivity index (χ2n) is 7.07. The van der Waals surface area contributed by atoms with E-state index in [0.717, 1.165) is 25.7 Å². The number of amides is 1. The van der Waals surface area contributed by atoms with Crippen LogP contribution in [0.5, 0.6) is 0 Å². The summed E-state index contributed by atoms with van der Waals surface area (Å²) in [6.45, 7) is 0.399. The molecule has 0 spiro atoms. The van der Waals surface area contributed by atoms with Crippen LogP contribution in [-0.2, 0) is 9.47 Å². The first-order valence-corrected chi connectivity index (χ1v) is 9.43. The van der Waals surface area contributed by atoms with Gasteiger partial charge in [0.15, 0.2) is 11.8 Å². The third-order valence-electron chi connectivity index (χ3n) is 5.11. The molecule has 0 N–H and O–H groups in total. The lowest BCUT2D eigenvalue weighted by Gasteiger charge is -2.28. The van der Waals surface area contributed by atoms with E-state index in [9.17, 15) is 14.0 Å². The van der Waals surface area contributed by atoms with Crippen LogP contribution in [0.2, 0.25) is 0 Å². The number of hydrogen-bond donors (Lipinski definition) is 0. The predicted molar refractivity (Wildman–Crippen MR) is 95.4 cm³/mol. The summed E-state index contributed by atoms with van der Waals surface area (Å²) in [6, 6.07) is 5.86. The van der Waals surface area contributed by atoms with Crippen molar-refractivity contribution >= 4 is 12.1 Å². The first kappa shape index (κ1) is 18.4. The topological polar surface area (TPSA) is 86.5 Å². The van der Waals surface area contributed by atoms with E-state index in [1.165, 1.54) is 41.6 Å². The van der Waals surface area contributed by atoms with Crippen LogP contribution in [0, 0.1) is 5.82 Å². The molecule has 1 aromatic carbocycles. The molecule has 0 radical (unpaired) electrons. The van der Waals surface area contributed by atoms with Gasteiger partial charge in [0.05, 0.1) is 18.4 Å². The zero-order valence-corrected chi connectivity index (χ0v) is 15.3. The van der Waals surface area contributed by atoms with Crippen molar-refractivity contribution in [2.24, 2.45) is 0 Å². The Morgan fingerprint density at radius 3 is 2.71 bits per heavy atom. The first-order chi connectivity index (χ1) is 13.6. The molecule has 1 amide bonds. The number of aromatic nitrogens is 3. The molecule has 148 valence electrons. The second-order valence-corrected chi connectivity index (χ2v) is 7.07. The predicted octanol–water partition coefficient (Wildman–Crippen LogP) is 2.72. The molecule has 4 rings (SSSR count). The Morgan fingerprint density at radius 2 is 1.96 bits per heavy atom. The maximum atomic E-state index is 13.0. The van der Waals surface area contributed by atoms with Crippen molar-refractivity contribution in [1.82, 2.24) is 19.9 Å². The Labute approximate surface area is 161 Å². The van der Waals surface area contributed by atoms with E-state index in [-0.39, 0.29) is 30.3 Å². The van der Waals surface area contributed by atoms with E-state index in [1.54, 1.807) is 4.90 Å². The molecule has 1 aromatic heterocycles. The van der Waals surface area contributed by atoms with E-state index in [1.807, 2.05) is 0 Å².